The first-order valence-electron chi connectivity index (χ1n) is 4.40. The maximum absolute atomic E-state index is 3.16. The molecule has 0 bridgehead atoms. The van der Waals surface area contributed by atoms with E-state index in [0.29, 0.717) is 0 Å². The fraction of sp³-hybridized carbons (Fsp3) is 0.333. The molecule has 0 unspecified atom stereocenters. The van der Waals surface area contributed by atoms with Gasteiger partial charge in [-0.15, -0.1) is 13.2 Å². The molecule has 0 aliphatic carbocycles. The summed E-state index contributed by atoms with van der Waals surface area (Å²) in [6.45, 7) is 12.4. The first-order valence-corrected chi connectivity index (χ1v) is 4.40. The van der Waals surface area contributed by atoms with Crippen LogP contribution in [0.4, 0.5) is 5.69 Å². The lowest BCUT2D eigenvalue weighted by Crippen LogP contribution is -1.93. The zero-order valence-corrected chi connectivity index (χ0v) is 9.07. The van der Waals surface area contributed by atoms with E-state index >= 15 is 0 Å². The van der Waals surface area contributed by atoms with Crippen molar-refractivity contribution in [2.75, 3.05) is 12.4 Å². The number of hydrogen-bond donors (Lipinski definition) is 1. The molecule has 0 spiro atoms. The van der Waals surface area contributed by atoms with Crippen molar-refractivity contribution in [3.63, 3.8) is 0 Å². The van der Waals surface area contributed by atoms with Gasteiger partial charge < -0.3 is 5.32 Å². The smallest absolute Gasteiger partial charge is 0.0370 e. The Morgan fingerprint density at radius 1 is 0.923 bits per heavy atom. The minimum atomic E-state index is 1.23. The van der Waals surface area contributed by atoms with Gasteiger partial charge in [0.2, 0.25) is 0 Å². The van der Waals surface area contributed by atoms with E-state index in [1.807, 2.05) is 7.05 Å². The number of benzene rings is 1. The normalized spacial score (nSPS) is 8.62. The molecular formula is C12H19N. The van der Waals surface area contributed by atoms with Crippen LogP contribution in [0.1, 0.15) is 16.7 Å². The highest BCUT2D eigenvalue weighted by atomic mass is 14.8. The highest BCUT2D eigenvalue weighted by molar-refractivity contribution is 5.54. The topological polar surface area (TPSA) is 12.0 Å². The molecule has 0 saturated carbocycles. The number of hydrogen-bond acceptors (Lipinski definition) is 1. The summed E-state index contributed by atoms with van der Waals surface area (Å²) in [5.74, 6) is 0. The Hall–Kier alpha value is -1.24. The van der Waals surface area contributed by atoms with E-state index in [1.165, 1.54) is 22.4 Å². The van der Waals surface area contributed by atoms with Crippen LogP contribution in [-0.2, 0) is 0 Å². The Morgan fingerprint density at radius 2 is 1.38 bits per heavy atom. The Balaban J connectivity index is 0.000000671. The molecule has 0 heterocycles. The average Bonchev–Trinajstić information content (AvgIpc) is 2.15. The Morgan fingerprint density at radius 3 is 1.85 bits per heavy atom. The molecule has 13 heavy (non-hydrogen) atoms. The van der Waals surface area contributed by atoms with Gasteiger partial charge in [0.05, 0.1) is 0 Å². The lowest BCUT2D eigenvalue weighted by atomic mass is 10.1. The third kappa shape index (κ3) is 2.94. The third-order valence-electron chi connectivity index (χ3n) is 2.11. The summed E-state index contributed by atoms with van der Waals surface area (Å²) in [5, 5.41) is 3.16. The highest BCUT2D eigenvalue weighted by Crippen LogP contribution is 2.18. The van der Waals surface area contributed by atoms with Gasteiger partial charge in [0.15, 0.2) is 0 Å². The molecule has 0 aliphatic heterocycles. The quantitative estimate of drug-likeness (QED) is 0.648. The second-order valence-corrected chi connectivity index (χ2v) is 3.00. The van der Waals surface area contributed by atoms with Crippen LogP contribution in [0.5, 0.6) is 0 Å². The minimum Gasteiger partial charge on any atom is -0.388 e. The van der Waals surface area contributed by atoms with Crippen molar-refractivity contribution in [1.29, 1.82) is 0 Å². The van der Waals surface area contributed by atoms with Crippen LogP contribution in [0.25, 0.3) is 0 Å². The molecule has 1 rings (SSSR count). The SMILES string of the molecule is C=C.CNc1cc(C)c(C)cc1C. The fourth-order valence-electron chi connectivity index (χ4n) is 1.23. The molecule has 1 heteroatoms. The van der Waals surface area contributed by atoms with Crippen LogP contribution in [-0.4, -0.2) is 7.05 Å². The second-order valence-electron chi connectivity index (χ2n) is 3.00. The molecule has 1 aromatic rings. The molecule has 0 aromatic heterocycles. The Bertz CT molecular complexity index is 277. The largest absolute Gasteiger partial charge is 0.388 e. The van der Waals surface area contributed by atoms with Crippen LogP contribution in [0, 0.1) is 20.8 Å². The predicted octanol–water partition coefficient (Wildman–Crippen LogP) is 3.46. The van der Waals surface area contributed by atoms with Gasteiger partial charge >= 0.3 is 0 Å². The summed E-state index contributed by atoms with van der Waals surface area (Å²) in [6.07, 6.45) is 0. The van der Waals surface area contributed by atoms with Crippen LogP contribution in [0.2, 0.25) is 0 Å². The summed E-state index contributed by atoms with van der Waals surface area (Å²) in [5.41, 5.74) is 5.25. The predicted molar refractivity (Wildman–Crippen MR) is 61.5 cm³/mol. The molecule has 1 nitrogen and oxygen atoms in total. The van der Waals surface area contributed by atoms with E-state index in [4.69, 9.17) is 0 Å². The summed E-state index contributed by atoms with van der Waals surface area (Å²) >= 11 is 0. The number of nitrogens with one attached hydrogen (secondary N) is 1. The van der Waals surface area contributed by atoms with Gasteiger partial charge in [-0.2, -0.15) is 0 Å². The van der Waals surface area contributed by atoms with E-state index in [1.54, 1.807) is 0 Å². The molecular weight excluding hydrogens is 158 g/mol. The van der Waals surface area contributed by atoms with E-state index in [0.717, 1.165) is 0 Å². The molecule has 72 valence electrons. The van der Waals surface area contributed by atoms with E-state index < -0.39 is 0 Å². The molecule has 1 N–H and O–H groups in total. The summed E-state index contributed by atoms with van der Waals surface area (Å²) in [4.78, 5) is 0. The van der Waals surface area contributed by atoms with Crippen molar-refractivity contribution in [2.24, 2.45) is 0 Å². The molecule has 0 amide bonds. The molecule has 1 aromatic carbocycles. The maximum atomic E-state index is 3.16. The first kappa shape index (κ1) is 11.8. The van der Waals surface area contributed by atoms with Crippen molar-refractivity contribution < 1.29 is 0 Å². The van der Waals surface area contributed by atoms with E-state index in [9.17, 15) is 0 Å². The van der Waals surface area contributed by atoms with Gasteiger partial charge in [-0.3, -0.25) is 0 Å². The summed E-state index contributed by atoms with van der Waals surface area (Å²) in [6, 6.07) is 4.39. The first-order chi connectivity index (χ1) is 6.15. The second kappa shape index (κ2) is 5.41. The van der Waals surface area contributed by atoms with Crippen molar-refractivity contribution in [3.8, 4) is 0 Å². The van der Waals surface area contributed by atoms with Crippen molar-refractivity contribution in [1.82, 2.24) is 0 Å². The molecule has 0 atom stereocenters. The van der Waals surface area contributed by atoms with Crippen LogP contribution in [0.15, 0.2) is 25.3 Å². The van der Waals surface area contributed by atoms with Gasteiger partial charge in [-0.25, -0.2) is 0 Å². The third-order valence-corrected chi connectivity index (χ3v) is 2.11. The lowest BCUT2D eigenvalue weighted by molar-refractivity contribution is 1.28. The summed E-state index contributed by atoms with van der Waals surface area (Å²) < 4.78 is 0. The standard InChI is InChI=1S/C10H15N.C2H4/c1-7-5-9(3)10(11-4)6-8(7)2;1-2/h5-6,11H,1-4H3;1-2H2. The van der Waals surface area contributed by atoms with Gasteiger partial charge in [0.1, 0.15) is 0 Å². The molecule has 0 fully saturated rings. The van der Waals surface area contributed by atoms with Gasteiger partial charge in [0, 0.05) is 12.7 Å². The highest BCUT2D eigenvalue weighted by Gasteiger charge is 1.98. The number of aryl methyl sites for hydroxylation is 3. The minimum absolute atomic E-state index is 1.23. The van der Waals surface area contributed by atoms with E-state index in [-0.39, 0.29) is 0 Å². The van der Waals surface area contributed by atoms with Crippen molar-refractivity contribution in [2.45, 2.75) is 20.8 Å². The zero-order valence-electron chi connectivity index (χ0n) is 9.07. The number of anilines is 1. The van der Waals surface area contributed by atoms with Crippen LogP contribution < -0.4 is 5.32 Å². The van der Waals surface area contributed by atoms with Crippen LogP contribution >= 0.6 is 0 Å². The number of rotatable bonds is 1. The zero-order chi connectivity index (χ0) is 10.4. The van der Waals surface area contributed by atoms with Gasteiger partial charge in [-0.05, 0) is 43.5 Å². The molecule has 0 saturated heterocycles. The van der Waals surface area contributed by atoms with Crippen LogP contribution in [0.3, 0.4) is 0 Å². The molecule has 0 radical (unpaired) electrons. The lowest BCUT2D eigenvalue weighted by Gasteiger charge is -2.08. The van der Waals surface area contributed by atoms with Crippen molar-refractivity contribution in [3.05, 3.63) is 42.0 Å². The van der Waals surface area contributed by atoms with Crippen molar-refractivity contribution >= 4 is 5.69 Å². The maximum Gasteiger partial charge on any atom is 0.0370 e. The van der Waals surface area contributed by atoms with Gasteiger partial charge in [-0.1, -0.05) is 6.07 Å². The fourth-order valence-corrected chi connectivity index (χ4v) is 1.23. The Kier molecular flexibility index (Phi) is 4.90. The van der Waals surface area contributed by atoms with Gasteiger partial charge in [0.25, 0.3) is 0 Å². The van der Waals surface area contributed by atoms with E-state index in [2.05, 4.69) is 51.4 Å². The molecule has 0 aliphatic rings. The monoisotopic (exact) mass is 177 g/mol. The average molecular weight is 177 g/mol. The Labute approximate surface area is 81.5 Å². The summed E-state index contributed by atoms with van der Waals surface area (Å²) in [7, 11) is 1.96.